The van der Waals surface area contributed by atoms with Gasteiger partial charge in [0.05, 0.1) is 26.4 Å². The fourth-order valence-electron chi connectivity index (χ4n) is 9.92. The fraction of sp³-hybridized carbons (Fsp3) is 0.831. The first-order chi connectivity index (χ1) is 38.6. The highest BCUT2D eigenvalue weighted by atomic mass is 16.7. The molecule has 2 aliphatic heterocycles. The summed E-state index contributed by atoms with van der Waals surface area (Å²) in [4.78, 5) is 13.1. The van der Waals surface area contributed by atoms with E-state index in [1.807, 2.05) is 0 Å². The summed E-state index contributed by atoms with van der Waals surface area (Å²) < 4.78 is 34.5. The van der Waals surface area contributed by atoms with Crippen molar-refractivity contribution in [3.8, 4) is 0 Å². The summed E-state index contributed by atoms with van der Waals surface area (Å²) in [5.41, 5.74) is 0. The maximum atomic E-state index is 13.1. The Balaban J connectivity index is 1.68. The number of hydrogen-bond acceptors (Lipinski definition) is 14. The number of aliphatic hydroxyl groups is 7. The zero-order chi connectivity index (χ0) is 57.2. The predicted octanol–water partition coefficient (Wildman–Crippen LogP) is 12.4. The van der Waals surface area contributed by atoms with E-state index < -0.39 is 80.7 Å². The summed E-state index contributed by atoms with van der Waals surface area (Å²) >= 11 is 0. The van der Waals surface area contributed by atoms with Crippen molar-refractivity contribution in [2.75, 3.05) is 33.0 Å². The van der Waals surface area contributed by atoms with Gasteiger partial charge in [0, 0.05) is 13.0 Å². The van der Waals surface area contributed by atoms with Gasteiger partial charge in [-0.2, -0.15) is 0 Å². The SMILES string of the molecule is CC/C=C\C/C=C\C/C=C\C/C=C\CCCCCCCCCCC(=O)OC(COCCCCCCCCCCCCCC/C=C\CCCCCCCCCC)COC1OC(COC2OC(CO)C(O)C(O)C2O)C(O)C(O)C1O. The summed E-state index contributed by atoms with van der Waals surface area (Å²) in [5, 5.41) is 72.5. The van der Waals surface area contributed by atoms with Gasteiger partial charge in [-0.25, -0.2) is 0 Å². The van der Waals surface area contributed by atoms with Crippen LogP contribution in [0.1, 0.15) is 245 Å². The summed E-state index contributed by atoms with van der Waals surface area (Å²) in [6.07, 6.45) is 48.5. The quantitative estimate of drug-likeness (QED) is 0.0172. The molecule has 2 aliphatic rings. The van der Waals surface area contributed by atoms with E-state index in [-0.39, 0.29) is 25.6 Å². The van der Waals surface area contributed by atoms with Gasteiger partial charge in [0.25, 0.3) is 0 Å². The van der Waals surface area contributed by atoms with Crippen LogP contribution in [0.2, 0.25) is 0 Å². The van der Waals surface area contributed by atoms with Gasteiger partial charge < -0.3 is 64.2 Å². The molecule has 0 aliphatic carbocycles. The van der Waals surface area contributed by atoms with Gasteiger partial charge in [0.15, 0.2) is 12.6 Å². The lowest BCUT2D eigenvalue weighted by Crippen LogP contribution is -2.61. The minimum atomic E-state index is -1.71. The first-order valence-electron chi connectivity index (χ1n) is 31.9. The van der Waals surface area contributed by atoms with E-state index >= 15 is 0 Å². The summed E-state index contributed by atoms with van der Waals surface area (Å²) in [6, 6.07) is 0. The standard InChI is InChI=1S/C65H116O14/c1-3-5-7-9-11-13-15-17-19-21-23-25-26-27-29-31-33-35-37-39-41-43-45-47-49-74-51-54(52-75-64-63(73)61(71)59(69)56(79-64)53-76-65-62(72)60(70)58(68)55(50-66)78-65)77-57(67)48-46-44-42-40-38-36-34-32-30-28-24-22-20-18-16-14-12-10-8-6-4-2/h6,8,12,14,18,20-21,23-24,28,54-56,58-66,68-73H,3-5,7,9-11,13,15-17,19,22,25-27,29-53H2,1-2H3/b8-6-,14-12-,20-18-,23-21-,28-24-. The third kappa shape index (κ3) is 37.5. The average Bonchev–Trinajstić information content (AvgIpc) is 3.45. The number of carbonyl (C=O) groups is 1. The lowest BCUT2D eigenvalue weighted by molar-refractivity contribution is -0.332. The van der Waals surface area contributed by atoms with E-state index in [1.54, 1.807) is 0 Å². The average molecular weight is 1120 g/mol. The molecule has 2 rings (SSSR count). The van der Waals surface area contributed by atoms with Crippen LogP contribution in [0.5, 0.6) is 0 Å². The van der Waals surface area contributed by atoms with Crippen molar-refractivity contribution in [1.82, 2.24) is 0 Å². The Hall–Kier alpha value is -2.31. The normalized spacial score (nSPS) is 24.4. The number of carbonyl (C=O) groups excluding carboxylic acids is 1. The van der Waals surface area contributed by atoms with Gasteiger partial charge in [0.1, 0.15) is 54.9 Å². The first-order valence-corrected chi connectivity index (χ1v) is 31.9. The lowest BCUT2D eigenvalue weighted by atomic mass is 9.98. The smallest absolute Gasteiger partial charge is 0.306 e. The molecule has 2 heterocycles. The fourth-order valence-corrected chi connectivity index (χ4v) is 9.92. The Morgan fingerprint density at radius 1 is 0.430 bits per heavy atom. The van der Waals surface area contributed by atoms with Crippen LogP contribution in [0.4, 0.5) is 0 Å². The van der Waals surface area contributed by atoms with Crippen LogP contribution in [0, 0.1) is 0 Å². The zero-order valence-corrected chi connectivity index (χ0v) is 49.6. The Kier molecular flexibility index (Phi) is 47.3. The number of ether oxygens (including phenoxy) is 6. The van der Waals surface area contributed by atoms with Crippen LogP contribution >= 0.6 is 0 Å². The Bertz CT molecular complexity index is 1540. The summed E-state index contributed by atoms with van der Waals surface area (Å²) in [5.74, 6) is -0.383. The first kappa shape index (κ1) is 72.8. The molecule has 0 amide bonds. The lowest BCUT2D eigenvalue weighted by Gasteiger charge is -2.42. The molecule has 0 aromatic carbocycles. The van der Waals surface area contributed by atoms with E-state index in [2.05, 4.69) is 74.6 Å². The molecule has 14 heteroatoms. The van der Waals surface area contributed by atoms with Gasteiger partial charge in [0.2, 0.25) is 0 Å². The monoisotopic (exact) mass is 1120 g/mol. The van der Waals surface area contributed by atoms with Crippen molar-refractivity contribution >= 4 is 5.97 Å². The second kappa shape index (κ2) is 51.3. The van der Waals surface area contributed by atoms with Gasteiger partial charge in [-0.15, -0.1) is 0 Å². The van der Waals surface area contributed by atoms with Crippen LogP contribution in [0.3, 0.4) is 0 Å². The van der Waals surface area contributed by atoms with Crippen molar-refractivity contribution in [2.24, 2.45) is 0 Å². The van der Waals surface area contributed by atoms with Crippen LogP contribution < -0.4 is 0 Å². The van der Waals surface area contributed by atoms with Gasteiger partial charge >= 0.3 is 5.97 Å². The summed E-state index contributed by atoms with van der Waals surface area (Å²) in [7, 11) is 0. The van der Waals surface area contributed by atoms with E-state index in [4.69, 9.17) is 28.4 Å². The molecule has 11 atom stereocenters. The minimum Gasteiger partial charge on any atom is -0.457 e. The molecule has 11 unspecified atom stereocenters. The van der Waals surface area contributed by atoms with Crippen LogP contribution in [-0.2, 0) is 33.2 Å². The number of unbranched alkanes of at least 4 members (excludes halogenated alkanes) is 28. The third-order valence-corrected chi connectivity index (χ3v) is 15.0. The van der Waals surface area contributed by atoms with Crippen molar-refractivity contribution in [3.63, 3.8) is 0 Å². The molecule has 2 fully saturated rings. The van der Waals surface area contributed by atoms with Crippen molar-refractivity contribution in [2.45, 2.75) is 313 Å². The topological polar surface area (TPSA) is 214 Å². The maximum Gasteiger partial charge on any atom is 0.306 e. The zero-order valence-electron chi connectivity index (χ0n) is 49.6. The van der Waals surface area contributed by atoms with Crippen LogP contribution in [-0.4, -0.2) is 142 Å². The van der Waals surface area contributed by atoms with E-state index in [0.29, 0.717) is 13.0 Å². The molecule has 0 saturated carbocycles. The van der Waals surface area contributed by atoms with Gasteiger partial charge in [-0.3, -0.25) is 4.79 Å². The largest absolute Gasteiger partial charge is 0.457 e. The number of hydrogen-bond donors (Lipinski definition) is 7. The molecule has 460 valence electrons. The molecule has 0 aromatic heterocycles. The number of rotatable bonds is 52. The molecule has 7 N–H and O–H groups in total. The van der Waals surface area contributed by atoms with Gasteiger partial charge in [-0.05, 0) is 77.0 Å². The second-order valence-corrected chi connectivity index (χ2v) is 22.2. The Morgan fingerprint density at radius 2 is 0.823 bits per heavy atom. The highest BCUT2D eigenvalue weighted by Crippen LogP contribution is 2.27. The minimum absolute atomic E-state index is 0.0573. The number of aliphatic hydroxyl groups excluding tert-OH is 7. The van der Waals surface area contributed by atoms with Crippen LogP contribution in [0.25, 0.3) is 0 Å². The maximum absolute atomic E-state index is 13.1. The van der Waals surface area contributed by atoms with Crippen molar-refractivity contribution in [3.05, 3.63) is 60.8 Å². The molecular weight excluding hydrogens is 1000 g/mol. The molecule has 79 heavy (non-hydrogen) atoms. The second-order valence-electron chi connectivity index (χ2n) is 22.2. The highest BCUT2D eigenvalue weighted by Gasteiger charge is 2.47. The number of allylic oxidation sites excluding steroid dienone is 10. The Labute approximate surface area is 479 Å². The molecule has 2 saturated heterocycles. The summed E-state index contributed by atoms with van der Waals surface area (Å²) in [6.45, 7) is 3.60. The number of esters is 1. The van der Waals surface area contributed by atoms with E-state index in [9.17, 15) is 40.5 Å². The third-order valence-electron chi connectivity index (χ3n) is 15.0. The highest BCUT2D eigenvalue weighted by molar-refractivity contribution is 5.69. The molecule has 0 bridgehead atoms. The van der Waals surface area contributed by atoms with Crippen molar-refractivity contribution in [1.29, 1.82) is 0 Å². The molecule has 0 radical (unpaired) electrons. The molecular formula is C65H116O14. The van der Waals surface area contributed by atoms with Crippen LogP contribution in [0.15, 0.2) is 60.8 Å². The predicted molar refractivity (Wildman–Crippen MR) is 316 cm³/mol. The van der Waals surface area contributed by atoms with Gasteiger partial charge in [-0.1, -0.05) is 222 Å². The van der Waals surface area contributed by atoms with E-state index in [0.717, 1.165) is 70.6 Å². The molecule has 0 aromatic rings. The molecule has 0 spiro atoms. The van der Waals surface area contributed by atoms with Crippen molar-refractivity contribution < 1.29 is 69.0 Å². The molecule has 14 nitrogen and oxygen atoms in total. The Morgan fingerprint density at radius 3 is 1.30 bits per heavy atom. The van der Waals surface area contributed by atoms with E-state index in [1.165, 1.54) is 148 Å².